The summed E-state index contributed by atoms with van der Waals surface area (Å²) in [7, 11) is 0. The van der Waals surface area contributed by atoms with E-state index in [4.69, 9.17) is 10.5 Å². The normalized spacial score (nSPS) is 17.3. The van der Waals surface area contributed by atoms with Crippen LogP contribution in [0.1, 0.15) is 16.8 Å². The van der Waals surface area contributed by atoms with E-state index in [1.165, 1.54) is 0 Å². The van der Waals surface area contributed by atoms with E-state index in [-0.39, 0.29) is 18.0 Å². The van der Waals surface area contributed by atoms with Gasteiger partial charge in [0.05, 0.1) is 23.9 Å². The highest BCUT2D eigenvalue weighted by Crippen LogP contribution is 2.15. The highest BCUT2D eigenvalue weighted by atomic mass is 16.5. The topological polar surface area (TPSA) is 105 Å². The summed E-state index contributed by atoms with van der Waals surface area (Å²) in [6.07, 6.45) is 0.798. The van der Waals surface area contributed by atoms with Gasteiger partial charge in [0.1, 0.15) is 0 Å². The maximum absolute atomic E-state index is 12.0. The molecule has 0 saturated carbocycles. The van der Waals surface area contributed by atoms with Crippen LogP contribution in [0.25, 0.3) is 0 Å². The van der Waals surface area contributed by atoms with Crippen molar-refractivity contribution in [3.05, 3.63) is 29.8 Å². The fraction of sp³-hybridized carbons (Fsp3) is 0.429. The van der Waals surface area contributed by atoms with Gasteiger partial charge in [-0.15, -0.1) is 0 Å². The molecule has 3 amide bonds. The van der Waals surface area contributed by atoms with Gasteiger partial charge in [-0.1, -0.05) is 12.1 Å². The summed E-state index contributed by atoms with van der Waals surface area (Å²) >= 11 is 0. The first-order valence-corrected chi connectivity index (χ1v) is 6.93. The minimum absolute atomic E-state index is 0.0169. The summed E-state index contributed by atoms with van der Waals surface area (Å²) in [5.41, 5.74) is 6.23. The van der Waals surface area contributed by atoms with E-state index in [2.05, 4.69) is 16.0 Å². The maximum atomic E-state index is 12.0. The lowest BCUT2D eigenvalue weighted by atomic mass is 10.1. The molecule has 0 spiro atoms. The number of para-hydroxylation sites is 1. The van der Waals surface area contributed by atoms with Crippen molar-refractivity contribution < 1.29 is 14.3 Å². The average molecular weight is 292 g/mol. The molecule has 1 aromatic rings. The van der Waals surface area contributed by atoms with Crippen LogP contribution in [0.3, 0.4) is 0 Å². The second-order valence-electron chi connectivity index (χ2n) is 4.75. The molecular formula is C14H20N4O3. The minimum atomic E-state index is -0.343. The van der Waals surface area contributed by atoms with Crippen LogP contribution in [-0.4, -0.2) is 44.3 Å². The molecule has 0 bridgehead atoms. The van der Waals surface area contributed by atoms with Crippen LogP contribution >= 0.6 is 0 Å². The Hall–Kier alpha value is -2.12. The Morgan fingerprint density at radius 2 is 2.14 bits per heavy atom. The van der Waals surface area contributed by atoms with Crippen LogP contribution in [0.15, 0.2) is 24.3 Å². The molecule has 7 nitrogen and oxygen atoms in total. The van der Waals surface area contributed by atoms with Gasteiger partial charge >= 0.3 is 6.03 Å². The Kier molecular flexibility index (Phi) is 5.53. The van der Waals surface area contributed by atoms with Crippen molar-refractivity contribution in [1.82, 2.24) is 10.6 Å². The van der Waals surface area contributed by atoms with E-state index in [1.54, 1.807) is 24.3 Å². The number of urea groups is 1. The molecule has 1 fully saturated rings. The van der Waals surface area contributed by atoms with Crippen LogP contribution in [0, 0.1) is 0 Å². The molecule has 1 aromatic carbocycles. The second-order valence-corrected chi connectivity index (χ2v) is 4.75. The molecule has 1 unspecified atom stereocenters. The molecule has 1 atom stereocenters. The summed E-state index contributed by atoms with van der Waals surface area (Å²) in [4.78, 5) is 23.9. The van der Waals surface area contributed by atoms with Gasteiger partial charge in [-0.3, -0.25) is 4.79 Å². The van der Waals surface area contributed by atoms with Crippen LogP contribution in [0.4, 0.5) is 10.5 Å². The van der Waals surface area contributed by atoms with Crippen LogP contribution in [-0.2, 0) is 4.74 Å². The molecule has 0 radical (unpaired) electrons. The lowest BCUT2D eigenvalue weighted by molar-refractivity contribution is 0.0955. The summed E-state index contributed by atoms with van der Waals surface area (Å²) < 4.78 is 5.20. The average Bonchev–Trinajstić information content (AvgIpc) is 2.98. The fourth-order valence-corrected chi connectivity index (χ4v) is 2.06. The number of benzene rings is 1. The molecule has 1 saturated heterocycles. The number of nitrogens with two attached hydrogens (primary N) is 1. The number of amides is 3. The van der Waals surface area contributed by atoms with E-state index in [1.807, 2.05) is 0 Å². The highest BCUT2D eigenvalue weighted by Gasteiger charge is 2.19. The summed E-state index contributed by atoms with van der Waals surface area (Å²) in [5.74, 6) is -0.263. The van der Waals surface area contributed by atoms with Crippen molar-refractivity contribution in [2.24, 2.45) is 5.73 Å². The molecule has 2 rings (SSSR count). The van der Waals surface area contributed by atoms with Crippen LogP contribution in [0.2, 0.25) is 0 Å². The second kappa shape index (κ2) is 7.61. The van der Waals surface area contributed by atoms with Gasteiger partial charge < -0.3 is 26.4 Å². The van der Waals surface area contributed by atoms with Crippen molar-refractivity contribution in [1.29, 1.82) is 0 Å². The highest BCUT2D eigenvalue weighted by molar-refractivity contribution is 6.03. The number of hydrogen-bond donors (Lipinski definition) is 4. The Balaban J connectivity index is 1.98. The Morgan fingerprint density at radius 3 is 2.86 bits per heavy atom. The van der Waals surface area contributed by atoms with Gasteiger partial charge in [0.2, 0.25) is 0 Å². The van der Waals surface area contributed by atoms with E-state index in [0.29, 0.717) is 37.6 Å². The minimum Gasteiger partial charge on any atom is -0.379 e. The molecule has 5 N–H and O–H groups in total. The number of carbonyl (C=O) groups excluding carboxylic acids is 2. The largest absolute Gasteiger partial charge is 0.379 e. The number of ether oxygens (including phenoxy) is 1. The predicted octanol–water partition coefficient (Wildman–Crippen LogP) is 0.285. The van der Waals surface area contributed by atoms with Crippen molar-refractivity contribution in [3.8, 4) is 0 Å². The van der Waals surface area contributed by atoms with E-state index < -0.39 is 0 Å². The van der Waals surface area contributed by atoms with Crippen molar-refractivity contribution in [2.75, 3.05) is 31.6 Å². The summed E-state index contributed by atoms with van der Waals surface area (Å²) in [5, 5.41) is 8.19. The van der Waals surface area contributed by atoms with E-state index in [0.717, 1.165) is 6.42 Å². The molecule has 1 aliphatic heterocycles. The van der Waals surface area contributed by atoms with Crippen molar-refractivity contribution in [3.63, 3.8) is 0 Å². The van der Waals surface area contributed by atoms with Crippen molar-refractivity contribution in [2.45, 2.75) is 12.5 Å². The van der Waals surface area contributed by atoms with Gasteiger partial charge in [-0.05, 0) is 18.6 Å². The molecule has 1 heterocycles. The summed E-state index contributed by atoms with van der Waals surface area (Å²) in [6, 6.07) is 6.51. The third kappa shape index (κ3) is 4.44. The van der Waals surface area contributed by atoms with Gasteiger partial charge in [0.25, 0.3) is 5.91 Å². The zero-order chi connectivity index (χ0) is 15.1. The van der Waals surface area contributed by atoms with Crippen LogP contribution in [0.5, 0.6) is 0 Å². The first kappa shape index (κ1) is 15.3. The third-order valence-corrected chi connectivity index (χ3v) is 3.11. The Morgan fingerprint density at radius 1 is 1.33 bits per heavy atom. The lowest BCUT2D eigenvalue weighted by Crippen LogP contribution is -2.38. The predicted molar refractivity (Wildman–Crippen MR) is 79.2 cm³/mol. The fourth-order valence-electron chi connectivity index (χ4n) is 2.06. The first-order chi connectivity index (χ1) is 10.2. The number of carbonyl (C=O) groups is 2. The van der Waals surface area contributed by atoms with Gasteiger partial charge in [0, 0.05) is 19.7 Å². The zero-order valence-electron chi connectivity index (χ0n) is 11.7. The monoisotopic (exact) mass is 292 g/mol. The van der Waals surface area contributed by atoms with Gasteiger partial charge in [-0.2, -0.15) is 0 Å². The Bertz CT molecular complexity index is 501. The molecular weight excluding hydrogens is 272 g/mol. The molecule has 114 valence electrons. The first-order valence-electron chi connectivity index (χ1n) is 6.93. The number of rotatable bonds is 5. The quantitative estimate of drug-likeness (QED) is 0.625. The number of anilines is 1. The Labute approximate surface area is 123 Å². The van der Waals surface area contributed by atoms with E-state index >= 15 is 0 Å². The SMILES string of the molecule is NCCNC(=O)c1ccccc1NC(=O)NC1CCOC1. The maximum Gasteiger partial charge on any atom is 0.319 e. The van der Waals surface area contributed by atoms with Crippen molar-refractivity contribution >= 4 is 17.6 Å². The standard InChI is InChI=1S/C14H20N4O3/c15-6-7-16-13(19)11-3-1-2-4-12(11)18-14(20)17-10-5-8-21-9-10/h1-4,10H,5-9,15H2,(H,16,19)(H2,17,18,20). The molecule has 1 aliphatic rings. The zero-order valence-corrected chi connectivity index (χ0v) is 11.7. The molecule has 21 heavy (non-hydrogen) atoms. The van der Waals surface area contributed by atoms with Gasteiger partial charge in [-0.25, -0.2) is 4.79 Å². The smallest absolute Gasteiger partial charge is 0.319 e. The number of nitrogens with one attached hydrogen (secondary N) is 3. The van der Waals surface area contributed by atoms with E-state index in [9.17, 15) is 9.59 Å². The van der Waals surface area contributed by atoms with Gasteiger partial charge in [0.15, 0.2) is 0 Å². The molecule has 7 heteroatoms. The third-order valence-electron chi connectivity index (χ3n) is 3.11. The molecule has 0 aliphatic carbocycles. The lowest BCUT2D eigenvalue weighted by Gasteiger charge is -2.14. The number of hydrogen-bond acceptors (Lipinski definition) is 4. The summed E-state index contributed by atoms with van der Waals surface area (Å²) in [6.45, 7) is 1.93. The van der Waals surface area contributed by atoms with Crippen LogP contribution < -0.4 is 21.7 Å². The molecule has 0 aromatic heterocycles.